The van der Waals surface area contributed by atoms with E-state index in [9.17, 15) is 4.79 Å². The highest BCUT2D eigenvalue weighted by Gasteiger charge is 2.20. The van der Waals surface area contributed by atoms with Gasteiger partial charge >= 0.3 is 0 Å². The average molecular weight is 292 g/mol. The summed E-state index contributed by atoms with van der Waals surface area (Å²) in [4.78, 5) is 12.9. The van der Waals surface area contributed by atoms with E-state index in [2.05, 4.69) is 5.32 Å². The number of hydrogen-bond acceptors (Lipinski definition) is 4. The smallest absolute Gasteiger partial charge is 0.263 e. The Hall–Kier alpha value is -1.59. The largest absolute Gasteiger partial charge is 0.397 e. The fourth-order valence-electron chi connectivity index (χ4n) is 2.02. The fourth-order valence-corrected chi connectivity index (χ4v) is 3.11. The van der Waals surface area contributed by atoms with Crippen molar-refractivity contribution < 1.29 is 9.90 Å². The van der Waals surface area contributed by atoms with E-state index in [0.717, 1.165) is 15.6 Å². The molecule has 1 heterocycles. The molecule has 1 amide bonds. The molecule has 2 rings (SSSR count). The van der Waals surface area contributed by atoms with Crippen molar-refractivity contribution >= 4 is 33.0 Å². The van der Waals surface area contributed by atoms with Crippen LogP contribution in [0, 0.1) is 12.8 Å². The van der Waals surface area contributed by atoms with Crippen LogP contribution in [-0.4, -0.2) is 23.7 Å². The number of benzene rings is 1. The van der Waals surface area contributed by atoms with Crippen molar-refractivity contribution in [3.8, 4) is 0 Å². The summed E-state index contributed by atoms with van der Waals surface area (Å²) >= 11 is 1.42. The molecule has 0 aliphatic carbocycles. The molecule has 108 valence electrons. The number of aryl methyl sites for hydroxylation is 1. The predicted molar refractivity (Wildman–Crippen MR) is 84.2 cm³/mol. The minimum atomic E-state index is -0.170. The third-order valence-electron chi connectivity index (χ3n) is 3.66. The molecule has 4 N–H and O–H groups in total. The van der Waals surface area contributed by atoms with E-state index < -0.39 is 0 Å². The highest BCUT2D eigenvalue weighted by atomic mass is 32.1. The maximum Gasteiger partial charge on any atom is 0.263 e. The van der Waals surface area contributed by atoms with Crippen LogP contribution in [-0.2, 0) is 0 Å². The van der Waals surface area contributed by atoms with Gasteiger partial charge < -0.3 is 16.2 Å². The average Bonchev–Trinajstić information content (AvgIpc) is 2.77. The topological polar surface area (TPSA) is 75.4 Å². The molecule has 0 radical (unpaired) electrons. The Kier molecular flexibility index (Phi) is 4.30. The number of nitrogens with one attached hydrogen (secondary N) is 1. The first-order chi connectivity index (χ1) is 9.45. The molecule has 0 saturated heterocycles. The van der Waals surface area contributed by atoms with Gasteiger partial charge in [-0.05, 0) is 25.3 Å². The summed E-state index contributed by atoms with van der Waals surface area (Å²) in [5.41, 5.74) is 7.75. The normalized spacial score (nSPS) is 14.2. The molecule has 0 spiro atoms. The molecule has 0 aliphatic heterocycles. The Morgan fingerprint density at radius 1 is 1.45 bits per heavy atom. The summed E-state index contributed by atoms with van der Waals surface area (Å²) in [5.74, 6) is -0.160. The van der Waals surface area contributed by atoms with E-state index in [0.29, 0.717) is 10.6 Å². The van der Waals surface area contributed by atoms with E-state index in [1.54, 1.807) is 0 Å². The SMILES string of the molecule is Cc1cccc2c(N)c(C(=O)NC(C)C(C)CO)sc12. The Labute approximate surface area is 122 Å². The summed E-state index contributed by atoms with van der Waals surface area (Å²) in [6.45, 7) is 5.83. The van der Waals surface area contributed by atoms with Crippen LogP contribution in [0.2, 0.25) is 0 Å². The lowest BCUT2D eigenvalue weighted by molar-refractivity contribution is 0.0921. The van der Waals surface area contributed by atoms with E-state index in [4.69, 9.17) is 10.8 Å². The molecule has 2 atom stereocenters. The number of rotatable bonds is 4. The summed E-state index contributed by atoms with van der Waals surface area (Å²) in [6, 6.07) is 5.79. The van der Waals surface area contributed by atoms with Crippen LogP contribution in [0.25, 0.3) is 10.1 Å². The second-order valence-corrected chi connectivity index (χ2v) is 6.24. The van der Waals surface area contributed by atoms with Crippen molar-refractivity contribution in [2.45, 2.75) is 26.8 Å². The molecule has 1 aromatic heterocycles. The van der Waals surface area contributed by atoms with E-state index >= 15 is 0 Å². The van der Waals surface area contributed by atoms with Gasteiger partial charge in [-0.15, -0.1) is 11.3 Å². The van der Waals surface area contributed by atoms with Gasteiger partial charge in [0.05, 0.1) is 5.69 Å². The number of carbonyl (C=O) groups is 1. The summed E-state index contributed by atoms with van der Waals surface area (Å²) in [6.07, 6.45) is 0. The molecule has 20 heavy (non-hydrogen) atoms. The number of aliphatic hydroxyl groups excluding tert-OH is 1. The number of nitrogens with two attached hydrogens (primary N) is 1. The van der Waals surface area contributed by atoms with Gasteiger partial charge in [-0.1, -0.05) is 25.1 Å². The van der Waals surface area contributed by atoms with Crippen molar-refractivity contribution in [2.75, 3.05) is 12.3 Å². The number of thiophene rings is 1. The predicted octanol–water partition coefficient (Wildman–Crippen LogP) is 2.54. The van der Waals surface area contributed by atoms with Gasteiger partial charge in [0.2, 0.25) is 0 Å². The molecular weight excluding hydrogens is 272 g/mol. The Morgan fingerprint density at radius 2 is 2.15 bits per heavy atom. The van der Waals surface area contributed by atoms with Crippen molar-refractivity contribution in [1.82, 2.24) is 5.32 Å². The molecule has 0 bridgehead atoms. The number of nitrogen functional groups attached to an aromatic ring is 1. The van der Waals surface area contributed by atoms with Crippen LogP contribution >= 0.6 is 11.3 Å². The number of hydrogen-bond donors (Lipinski definition) is 3. The van der Waals surface area contributed by atoms with Crippen LogP contribution in [0.15, 0.2) is 18.2 Å². The molecule has 5 heteroatoms. The Balaban J connectivity index is 2.31. The van der Waals surface area contributed by atoms with Gasteiger partial charge in [0.25, 0.3) is 5.91 Å². The first-order valence-corrected chi connectivity index (χ1v) is 7.46. The van der Waals surface area contributed by atoms with Gasteiger partial charge in [0, 0.05) is 22.7 Å². The maximum atomic E-state index is 12.3. The molecule has 0 aliphatic rings. The zero-order valence-corrected chi connectivity index (χ0v) is 12.8. The lowest BCUT2D eigenvalue weighted by Crippen LogP contribution is -2.38. The van der Waals surface area contributed by atoms with Crippen LogP contribution in [0.4, 0.5) is 5.69 Å². The number of amides is 1. The van der Waals surface area contributed by atoms with Gasteiger partial charge in [0.15, 0.2) is 0 Å². The van der Waals surface area contributed by atoms with Gasteiger partial charge in [-0.25, -0.2) is 0 Å². The molecule has 4 nitrogen and oxygen atoms in total. The van der Waals surface area contributed by atoms with Crippen LogP contribution < -0.4 is 11.1 Å². The van der Waals surface area contributed by atoms with E-state index in [-0.39, 0.29) is 24.5 Å². The minimum absolute atomic E-state index is 0.0105. The standard InChI is InChI=1S/C15H20N2O2S/c1-8-5-4-6-11-12(16)14(20-13(8)11)15(19)17-10(3)9(2)7-18/h4-6,9-10,18H,7,16H2,1-3H3,(H,17,19). The van der Waals surface area contributed by atoms with Crippen LogP contribution in [0.3, 0.4) is 0 Å². The van der Waals surface area contributed by atoms with Gasteiger partial charge in [-0.2, -0.15) is 0 Å². The van der Waals surface area contributed by atoms with Crippen LogP contribution in [0.5, 0.6) is 0 Å². The van der Waals surface area contributed by atoms with Crippen molar-refractivity contribution in [3.05, 3.63) is 28.6 Å². The quantitative estimate of drug-likeness (QED) is 0.810. The lowest BCUT2D eigenvalue weighted by atomic mass is 10.1. The third-order valence-corrected chi connectivity index (χ3v) is 5.01. The zero-order chi connectivity index (χ0) is 14.9. The fraction of sp³-hybridized carbons (Fsp3) is 0.400. The first-order valence-electron chi connectivity index (χ1n) is 6.65. The summed E-state index contributed by atoms with van der Waals surface area (Å²) in [7, 11) is 0. The molecule has 2 aromatic rings. The number of anilines is 1. The molecule has 0 fully saturated rings. The molecule has 1 aromatic carbocycles. The summed E-state index contributed by atoms with van der Waals surface area (Å²) in [5, 5.41) is 13.0. The summed E-state index contributed by atoms with van der Waals surface area (Å²) < 4.78 is 1.05. The number of aliphatic hydroxyl groups is 1. The second kappa shape index (κ2) is 5.81. The highest BCUT2D eigenvalue weighted by Crippen LogP contribution is 2.35. The molecule has 0 saturated carbocycles. The maximum absolute atomic E-state index is 12.3. The van der Waals surface area contributed by atoms with Crippen molar-refractivity contribution in [1.29, 1.82) is 0 Å². The van der Waals surface area contributed by atoms with Gasteiger partial charge in [0.1, 0.15) is 4.88 Å². The molecule has 2 unspecified atom stereocenters. The van der Waals surface area contributed by atoms with E-state index in [1.165, 1.54) is 11.3 Å². The van der Waals surface area contributed by atoms with Crippen molar-refractivity contribution in [3.63, 3.8) is 0 Å². The highest BCUT2D eigenvalue weighted by molar-refractivity contribution is 7.21. The Morgan fingerprint density at radius 3 is 2.75 bits per heavy atom. The van der Waals surface area contributed by atoms with Crippen LogP contribution in [0.1, 0.15) is 29.1 Å². The first kappa shape index (κ1) is 14.8. The zero-order valence-electron chi connectivity index (χ0n) is 11.9. The van der Waals surface area contributed by atoms with Gasteiger partial charge in [-0.3, -0.25) is 4.79 Å². The van der Waals surface area contributed by atoms with Crippen molar-refractivity contribution in [2.24, 2.45) is 5.92 Å². The monoisotopic (exact) mass is 292 g/mol. The minimum Gasteiger partial charge on any atom is -0.397 e. The number of fused-ring (bicyclic) bond motifs is 1. The Bertz CT molecular complexity index is 636. The van der Waals surface area contributed by atoms with E-state index in [1.807, 2.05) is 39.0 Å². The second-order valence-electron chi connectivity index (χ2n) is 5.22. The lowest BCUT2D eigenvalue weighted by Gasteiger charge is -2.18. The molecular formula is C15H20N2O2S. The number of carbonyl (C=O) groups excluding carboxylic acids is 1. The third kappa shape index (κ3) is 2.64.